The summed E-state index contributed by atoms with van der Waals surface area (Å²) >= 11 is 0. The number of aliphatic carboxylic acids is 1. The van der Waals surface area contributed by atoms with Gasteiger partial charge < -0.3 is 9.84 Å². The van der Waals surface area contributed by atoms with Crippen LogP contribution in [0.15, 0.2) is 11.6 Å². The third-order valence-corrected chi connectivity index (χ3v) is 1.19. The van der Waals surface area contributed by atoms with Crippen LogP contribution in [0.2, 0.25) is 0 Å². The van der Waals surface area contributed by atoms with Gasteiger partial charge in [-0.25, -0.2) is 4.79 Å². The molecule has 0 aliphatic carbocycles. The molecule has 0 radical (unpaired) electrons. The van der Waals surface area contributed by atoms with Crippen LogP contribution in [0.4, 0.5) is 0 Å². The molecule has 13 heavy (non-hydrogen) atoms. The van der Waals surface area contributed by atoms with E-state index in [2.05, 4.69) is 4.74 Å². The topological polar surface area (TPSA) is 80.7 Å². The van der Waals surface area contributed by atoms with Gasteiger partial charge in [0.1, 0.15) is 0 Å². The van der Waals surface area contributed by atoms with E-state index in [0.717, 1.165) is 6.92 Å². The molecule has 0 amide bonds. The van der Waals surface area contributed by atoms with Gasteiger partial charge >= 0.3 is 17.9 Å². The lowest BCUT2D eigenvalue weighted by atomic mass is 10.2. The summed E-state index contributed by atoms with van der Waals surface area (Å²) in [4.78, 5) is 31.5. The lowest BCUT2D eigenvalue weighted by Gasteiger charge is -2.01. The minimum Gasteiger partial charge on any atom is -0.481 e. The van der Waals surface area contributed by atoms with Crippen LogP contribution in [-0.4, -0.2) is 23.0 Å². The Morgan fingerprint density at radius 3 is 2.23 bits per heavy atom. The van der Waals surface area contributed by atoms with Crippen molar-refractivity contribution >= 4 is 17.9 Å². The van der Waals surface area contributed by atoms with E-state index in [1.807, 2.05) is 0 Å². The maximum Gasteiger partial charge on any atom is 0.341 e. The molecule has 0 rings (SSSR count). The summed E-state index contributed by atoms with van der Waals surface area (Å²) in [6, 6.07) is 0. The lowest BCUT2D eigenvalue weighted by Crippen LogP contribution is -2.14. The summed E-state index contributed by atoms with van der Waals surface area (Å²) in [6.45, 7) is 2.58. The molecule has 0 saturated heterocycles. The molecule has 0 saturated carbocycles. The molecule has 72 valence electrons. The minimum atomic E-state index is -1.14. The molecule has 0 aliphatic heterocycles. The number of carbonyl (C=O) groups is 3. The molecule has 1 N–H and O–H groups in total. The first-order valence-electron chi connectivity index (χ1n) is 3.57. The molecule has 0 aromatic rings. The van der Waals surface area contributed by atoms with Crippen LogP contribution in [0.5, 0.6) is 0 Å². The van der Waals surface area contributed by atoms with Crippen LogP contribution < -0.4 is 0 Å². The Bertz CT molecular complexity index is 264. The molecule has 0 aromatic heterocycles. The zero-order chi connectivity index (χ0) is 10.4. The number of allylic oxidation sites excluding steroid dienone is 1. The van der Waals surface area contributed by atoms with Crippen LogP contribution in [0.3, 0.4) is 0 Å². The van der Waals surface area contributed by atoms with Crippen molar-refractivity contribution < 1.29 is 24.2 Å². The molecule has 0 fully saturated rings. The van der Waals surface area contributed by atoms with E-state index >= 15 is 0 Å². The van der Waals surface area contributed by atoms with Gasteiger partial charge in [0.2, 0.25) is 0 Å². The highest BCUT2D eigenvalue weighted by molar-refractivity contribution is 5.98. The highest BCUT2D eigenvalue weighted by Gasteiger charge is 2.15. The molecule has 0 bridgehead atoms. The number of rotatable bonds is 3. The summed E-state index contributed by atoms with van der Waals surface area (Å²) in [5.41, 5.74) is -0.0392. The number of carboxylic acid groups (broad SMARTS) is 1. The Morgan fingerprint density at radius 1 is 1.38 bits per heavy atom. The Kier molecular flexibility index (Phi) is 4.43. The number of ether oxygens (including phenoxy) is 1. The molecule has 0 atom stereocenters. The van der Waals surface area contributed by atoms with Crippen LogP contribution in [-0.2, 0) is 19.1 Å². The predicted molar refractivity (Wildman–Crippen MR) is 42.8 cm³/mol. The van der Waals surface area contributed by atoms with Crippen LogP contribution in [0, 0.1) is 0 Å². The highest BCUT2D eigenvalue weighted by Crippen LogP contribution is 2.04. The standard InChI is InChI=1S/C8H10O5/c1-3-6(4-7(10)11)8(12)13-5(2)9/h3H,4H2,1-2H3,(H,10,11). The monoisotopic (exact) mass is 186 g/mol. The molecule has 0 unspecified atom stereocenters. The third kappa shape index (κ3) is 4.73. The second-order valence-corrected chi connectivity index (χ2v) is 2.27. The largest absolute Gasteiger partial charge is 0.481 e. The van der Waals surface area contributed by atoms with Crippen molar-refractivity contribution in [3.05, 3.63) is 11.6 Å². The molecule has 0 aromatic carbocycles. The summed E-state index contributed by atoms with van der Waals surface area (Å²) < 4.78 is 4.19. The first kappa shape index (κ1) is 11.4. The SMILES string of the molecule is CC=C(CC(=O)O)C(=O)OC(C)=O. The van der Waals surface area contributed by atoms with E-state index in [1.165, 1.54) is 13.0 Å². The number of hydrogen-bond donors (Lipinski definition) is 1. The highest BCUT2D eigenvalue weighted by atomic mass is 16.6. The second kappa shape index (κ2) is 5.08. The molecule has 5 heteroatoms. The molecule has 0 heterocycles. The Morgan fingerprint density at radius 2 is 1.92 bits per heavy atom. The molecular formula is C8H10O5. The number of hydrogen-bond acceptors (Lipinski definition) is 4. The first-order chi connectivity index (χ1) is 5.97. The summed E-state index contributed by atoms with van der Waals surface area (Å²) in [7, 11) is 0. The van der Waals surface area contributed by atoms with Crippen molar-refractivity contribution in [3.8, 4) is 0 Å². The minimum absolute atomic E-state index is 0.0392. The van der Waals surface area contributed by atoms with E-state index in [9.17, 15) is 14.4 Å². The quantitative estimate of drug-likeness (QED) is 0.394. The Hall–Kier alpha value is -1.65. The van der Waals surface area contributed by atoms with E-state index < -0.39 is 24.3 Å². The van der Waals surface area contributed by atoms with Crippen LogP contribution in [0.1, 0.15) is 20.3 Å². The summed E-state index contributed by atoms with van der Waals surface area (Å²) in [6.07, 6.45) is 0.863. The smallest absolute Gasteiger partial charge is 0.341 e. The number of carboxylic acids is 1. The van der Waals surface area contributed by atoms with Crippen molar-refractivity contribution in [2.75, 3.05) is 0 Å². The van der Waals surface area contributed by atoms with Crippen molar-refractivity contribution in [1.29, 1.82) is 0 Å². The Labute approximate surface area is 75.0 Å². The van der Waals surface area contributed by atoms with Crippen LogP contribution >= 0.6 is 0 Å². The van der Waals surface area contributed by atoms with Gasteiger partial charge in [-0.15, -0.1) is 0 Å². The number of esters is 2. The van der Waals surface area contributed by atoms with E-state index in [4.69, 9.17) is 5.11 Å². The first-order valence-corrected chi connectivity index (χ1v) is 3.57. The normalized spacial score (nSPS) is 10.8. The van der Waals surface area contributed by atoms with Crippen LogP contribution in [0.25, 0.3) is 0 Å². The Balaban J connectivity index is 4.34. The maximum absolute atomic E-state index is 10.9. The summed E-state index contributed by atoms with van der Waals surface area (Å²) in [5.74, 6) is -2.80. The average molecular weight is 186 g/mol. The van der Waals surface area contributed by atoms with Gasteiger partial charge in [-0.05, 0) is 6.92 Å². The van der Waals surface area contributed by atoms with E-state index in [-0.39, 0.29) is 5.57 Å². The third-order valence-electron chi connectivity index (χ3n) is 1.19. The zero-order valence-electron chi connectivity index (χ0n) is 7.36. The molecule has 0 spiro atoms. The number of carbonyl (C=O) groups excluding carboxylic acids is 2. The van der Waals surface area contributed by atoms with Crippen molar-refractivity contribution in [3.63, 3.8) is 0 Å². The van der Waals surface area contributed by atoms with E-state index in [1.54, 1.807) is 0 Å². The zero-order valence-corrected chi connectivity index (χ0v) is 7.36. The second-order valence-electron chi connectivity index (χ2n) is 2.27. The van der Waals surface area contributed by atoms with Crippen molar-refractivity contribution in [2.45, 2.75) is 20.3 Å². The fraction of sp³-hybridized carbons (Fsp3) is 0.375. The van der Waals surface area contributed by atoms with Gasteiger partial charge in [0.05, 0.1) is 6.42 Å². The van der Waals surface area contributed by atoms with Crippen molar-refractivity contribution in [1.82, 2.24) is 0 Å². The molecule has 5 nitrogen and oxygen atoms in total. The summed E-state index contributed by atoms with van der Waals surface area (Å²) in [5, 5.41) is 8.36. The fourth-order valence-electron chi connectivity index (χ4n) is 0.651. The maximum atomic E-state index is 10.9. The van der Waals surface area contributed by atoms with Gasteiger partial charge in [-0.2, -0.15) is 0 Å². The average Bonchev–Trinajstić information content (AvgIpc) is 1.98. The van der Waals surface area contributed by atoms with Gasteiger partial charge in [0.15, 0.2) is 0 Å². The van der Waals surface area contributed by atoms with Gasteiger partial charge in [-0.1, -0.05) is 6.08 Å². The predicted octanol–water partition coefficient (Wildman–Crippen LogP) is 0.497. The van der Waals surface area contributed by atoms with Gasteiger partial charge in [0.25, 0.3) is 0 Å². The van der Waals surface area contributed by atoms with E-state index in [0.29, 0.717) is 0 Å². The van der Waals surface area contributed by atoms with Gasteiger partial charge in [0, 0.05) is 12.5 Å². The van der Waals surface area contributed by atoms with Gasteiger partial charge in [-0.3, -0.25) is 9.59 Å². The lowest BCUT2D eigenvalue weighted by molar-refractivity contribution is -0.156. The molecular weight excluding hydrogens is 176 g/mol. The van der Waals surface area contributed by atoms with Crippen molar-refractivity contribution in [2.24, 2.45) is 0 Å². The fourth-order valence-corrected chi connectivity index (χ4v) is 0.651. The molecule has 0 aliphatic rings.